The molecule has 0 heterocycles. The molecule has 0 radical (unpaired) electrons. The molecule has 1 N–H and O–H groups in total. The number of nitrogens with one attached hydrogen (secondary N) is 1. The number of benzene rings is 2. The van der Waals surface area contributed by atoms with Gasteiger partial charge in [-0.25, -0.2) is 4.79 Å². The summed E-state index contributed by atoms with van der Waals surface area (Å²) in [4.78, 5) is 23.7. The molecule has 0 aliphatic heterocycles. The van der Waals surface area contributed by atoms with Crippen LogP contribution in [0.15, 0.2) is 42.5 Å². The van der Waals surface area contributed by atoms with Crippen molar-refractivity contribution in [2.75, 3.05) is 12.4 Å². The van der Waals surface area contributed by atoms with Gasteiger partial charge < -0.3 is 14.8 Å². The van der Waals surface area contributed by atoms with Crippen molar-refractivity contribution < 1.29 is 19.1 Å². The molecule has 24 heavy (non-hydrogen) atoms. The molecule has 0 spiro atoms. The van der Waals surface area contributed by atoms with Gasteiger partial charge in [-0.3, -0.25) is 4.79 Å². The van der Waals surface area contributed by atoms with E-state index in [0.29, 0.717) is 27.0 Å². The van der Waals surface area contributed by atoms with Gasteiger partial charge in [0.05, 0.1) is 23.4 Å². The van der Waals surface area contributed by atoms with Gasteiger partial charge in [-0.15, -0.1) is 0 Å². The minimum Gasteiger partial charge on any atom is -0.481 e. The third kappa shape index (κ3) is 4.63. The molecule has 0 bridgehead atoms. The van der Waals surface area contributed by atoms with Crippen LogP contribution in [-0.4, -0.2) is 25.1 Å². The Morgan fingerprint density at radius 1 is 1.12 bits per heavy atom. The first-order chi connectivity index (χ1) is 11.4. The van der Waals surface area contributed by atoms with Gasteiger partial charge in [0.15, 0.2) is 6.10 Å². The number of methoxy groups -OCH3 is 1. The quantitative estimate of drug-likeness (QED) is 0.804. The Labute approximate surface area is 149 Å². The summed E-state index contributed by atoms with van der Waals surface area (Å²) in [5.74, 6) is -0.490. The van der Waals surface area contributed by atoms with Gasteiger partial charge in [0.2, 0.25) is 0 Å². The van der Waals surface area contributed by atoms with Crippen LogP contribution in [0.5, 0.6) is 5.75 Å². The molecule has 0 unspecified atom stereocenters. The summed E-state index contributed by atoms with van der Waals surface area (Å²) in [5.41, 5.74) is 0.771. The van der Waals surface area contributed by atoms with E-state index in [9.17, 15) is 9.59 Å². The molecule has 0 fully saturated rings. The summed E-state index contributed by atoms with van der Waals surface area (Å²) in [6.45, 7) is 1.59. The molecule has 5 nitrogen and oxygen atoms in total. The van der Waals surface area contributed by atoms with Crippen molar-refractivity contribution in [1.82, 2.24) is 0 Å². The van der Waals surface area contributed by atoms with Gasteiger partial charge in [-0.2, -0.15) is 0 Å². The van der Waals surface area contributed by atoms with Crippen LogP contribution in [0.25, 0.3) is 0 Å². The van der Waals surface area contributed by atoms with E-state index < -0.39 is 12.1 Å². The van der Waals surface area contributed by atoms with Crippen LogP contribution in [0.4, 0.5) is 5.69 Å². The summed E-state index contributed by atoms with van der Waals surface area (Å²) >= 11 is 11.8. The van der Waals surface area contributed by atoms with Gasteiger partial charge in [0.25, 0.3) is 5.91 Å². The second-order valence-corrected chi connectivity index (χ2v) is 5.74. The van der Waals surface area contributed by atoms with E-state index >= 15 is 0 Å². The highest BCUT2D eigenvalue weighted by molar-refractivity contribution is 6.36. The Morgan fingerprint density at radius 3 is 2.54 bits per heavy atom. The number of carbonyl (C=O) groups excluding carboxylic acids is 2. The van der Waals surface area contributed by atoms with Gasteiger partial charge in [-0.1, -0.05) is 29.3 Å². The zero-order valence-corrected chi connectivity index (χ0v) is 14.5. The van der Waals surface area contributed by atoms with Crippen molar-refractivity contribution in [3.63, 3.8) is 0 Å². The predicted octanol–water partition coefficient (Wildman–Crippen LogP) is 4.19. The van der Waals surface area contributed by atoms with E-state index in [-0.39, 0.29) is 5.91 Å². The van der Waals surface area contributed by atoms with Crippen molar-refractivity contribution in [3.05, 3.63) is 58.1 Å². The van der Waals surface area contributed by atoms with Crippen LogP contribution in [0.1, 0.15) is 17.3 Å². The molecular formula is C17H15Cl2NO4. The fraction of sp³-hybridized carbons (Fsp3) is 0.176. The monoisotopic (exact) mass is 367 g/mol. The number of hydrogen-bond donors (Lipinski definition) is 1. The Balaban J connectivity index is 2.05. The summed E-state index contributed by atoms with van der Waals surface area (Å²) in [6, 6.07) is 11.1. The van der Waals surface area contributed by atoms with Crippen molar-refractivity contribution in [3.8, 4) is 5.75 Å². The summed E-state index contributed by atoms with van der Waals surface area (Å²) in [7, 11) is 1.29. The maximum Gasteiger partial charge on any atom is 0.337 e. The second kappa shape index (κ2) is 8.04. The largest absolute Gasteiger partial charge is 0.481 e. The Morgan fingerprint density at radius 2 is 1.88 bits per heavy atom. The Kier molecular flexibility index (Phi) is 6.06. The first kappa shape index (κ1) is 18.1. The lowest BCUT2D eigenvalue weighted by Crippen LogP contribution is -2.30. The molecule has 2 aromatic rings. The molecule has 0 saturated heterocycles. The molecule has 2 aromatic carbocycles. The molecule has 0 aliphatic carbocycles. The zero-order chi connectivity index (χ0) is 17.7. The Hall–Kier alpha value is -2.24. The van der Waals surface area contributed by atoms with Crippen LogP contribution < -0.4 is 10.1 Å². The third-order valence-corrected chi connectivity index (χ3v) is 3.67. The first-order valence-electron chi connectivity index (χ1n) is 7.01. The van der Waals surface area contributed by atoms with Crippen LogP contribution in [0.3, 0.4) is 0 Å². The van der Waals surface area contributed by atoms with Crippen molar-refractivity contribution in [2.45, 2.75) is 13.0 Å². The predicted molar refractivity (Wildman–Crippen MR) is 93.0 cm³/mol. The van der Waals surface area contributed by atoms with E-state index in [1.54, 1.807) is 37.3 Å². The molecule has 1 atom stereocenters. The van der Waals surface area contributed by atoms with Gasteiger partial charge in [0.1, 0.15) is 5.75 Å². The second-order valence-electron chi connectivity index (χ2n) is 4.89. The van der Waals surface area contributed by atoms with Crippen molar-refractivity contribution >= 4 is 40.8 Å². The lowest BCUT2D eigenvalue weighted by atomic mass is 10.2. The molecule has 7 heteroatoms. The molecule has 0 aliphatic rings. The molecule has 0 saturated carbocycles. The number of hydrogen-bond acceptors (Lipinski definition) is 4. The number of amides is 1. The summed E-state index contributed by atoms with van der Waals surface area (Å²) in [6.07, 6.45) is -0.801. The lowest BCUT2D eigenvalue weighted by Gasteiger charge is -2.16. The van der Waals surface area contributed by atoms with E-state index in [1.165, 1.54) is 19.2 Å². The molecule has 0 aromatic heterocycles. The minimum absolute atomic E-state index is 0.329. The van der Waals surface area contributed by atoms with E-state index in [1.807, 2.05) is 0 Å². The SMILES string of the molecule is COC(=O)c1cccc(O[C@@H](C)C(=O)Nc2ccc(Cl)cc2Cl)c1. The smallest absolute Gasteiger partial charge is 0.337 e. The highest BCUT2D eigenvalue weighted by atomic mass is 35.5. The molecular weight excluding hydrogens is 353 g/mol. The maximum absolute atomic E-state index is 12.2. The number of halogens is 2. The van der Waals surface area contributed by atoms with E-state index in [4.69, 9.17) is 27.9 Å². The molecule has 126 valence electrons. The number of esters is 1. The van der Waals surface area contributed by atoms with E-state index in [2.05, 4.69) is 10.1 Å². The standard InChI is InChI=1S/C17H15Cl2NO4/c1-10(16(21)20-15-7-6-12(18)9-14(15)19)24-13-5-3-4-11(8-13)17(22)23-2/h3-10H,1-2H3,(H,20,21)/t10-/m0/s1. The van der Waals surface area contributed by atoms with E-state index in [0.717, 1.165) is 0 Å². The van der Waals surface area contributed by atoms with Crippen LogP contribution in [0.2, 0.25) is 10.0 Å². The number of ether oxygens (including phenoxy) is 2. The topological polar surface area (TPSA) is 64.6 Å². The normalized spacial score (nSPS) is 11.5. The van der Waals surface area contributed by atoms with Crippen LogP contribution >= 0.6 is 23.2 Å². The fourth-order valence-electron chi connectivity index (χ4n) is 1.90. The average molecular weight is 368 g/mol. The van der Waals surface area contributed by atoms with Gasteiger partial charge >= 0.3 is 5.97 Å². The number of carbonyl (C=O) groups is 2. The zero-order valence-electron chi connectivity index (χ0n) is 13.0. The molecule has 1 amide bonds. The third-order valence-electron chi connectivity index (χ3n) is 3.13. The first-order valence-corrected chi connectivity index (χ1v) is 7.77. The Bertz CT molecular complexity index is 764. The highest BCUT2D eigenvalue weighted by Crippen LogP contribution is 2.25. The maximum atomic E-state index is 12.2. The minimum atomic E-state index is -0.801. The summed E-state index contributed by atoms with van der Waals surface area (Å²) in [5, 5.41) is 3.46. The highest BCUT2D eigenvalue weighted by Gasteiger charge is 2.17. The van der Waals surface area contributed by atoms with Gasteiger partial charge in [0, 0.05) is 5.02 Å². The number of rotatable bonds is 5. The lowest BCUT2D eigenvalue weighted by molar-refractivity contribution is -0.122. The molecule has 2 rings (SSSR count). The van der Waals surface area contributed by atoms with Crippen molar-refractivity contribution in [2.24, 2.45) is 0 Å². The fourth-order valence-corrected chi connectivity index (χ4v) is 2.35. The summed E-state index contributed by atoms with van der Waals surface area (Å²) < 4.78 is 10.2. The van der Waals surface area contributed by atoms with Crippen LogP contribution in [-0.2, 0) is 9.53 Å². The van der Waals surface area contributed by atoms with Gasteiger partial charge in [-0.05, 0) is 43.3 Å². The van der Waals surface area contributed by atoms with Crippen LogP contribution in [0, 0.1) is 0 Å². The van der Waals surface area contributed by atoms with Crippen molar-refractivity contribution in [1.29, 1.82) is 0 Å². The average Bonchev–Trinajstić information content (AvgIpc) is 2.56. The number of anilines is 1.